The Morgan fingerprint density at radius 2 is 1.68 bits per heavy atom. The maximum absolute atomic E-state index is 12.7. The van der Waals surface area contributed by atoms with Gasteiger partial charge < -0.3 is 9.47 Å². The highest BCUT2D eigenvalue weighted by molar-refractivity contribution is 5.95. The average Bonchev–Trinajstić information content (AvgIpc) is 2.67. The summed E-state index contributed by atoms with van der Waals surface area (Å²) in [4.78, 5) is 24.0. The fourth-order valence-electron chi connectivity index (χ4n) is 2.17. The highest BCUT2D eigenvalue weighted by atomic mass is 19.4. The lowest BCUT2D eigenvalue weighted by molar-refractivity contribution is -0.137. The van der Waals surface area contributed by atoms with Crippen LogP contribution in [0.3, 0.4) is 0 Å². The van der Waals surface area contributed by atoms with Crippen molar-refractivity contribution < 1.29 is 32.2 Å². The summed E-state index contributed by atoms with van der Waals surface area (Å²) in [6.07, 6.45) is -5.53. The molecule has 0 heterocycles. The monoisotopic (exact) mass is 396 g/mol. The molecule has 1 unspecified atom stereocenters. The maximum Gasteiger partial charge on any atom is 0.416 e. The SMILES string of the molecule is CCOc1ccc(OC(C)C(=O)NNC(=O)c2cccc(C(F)(F)F)c2)cc1. The number of benzene rings is 2. The third-order valence-corrected chi connectivity index (χ3v) is 3.57. The Morgan fingerprint density at radius 1 is 1.04 bits per heavy atom. The van der Waals surface area contributed by atoms with E-state index in [1.165, 1.54) is 13.0 Å². The lowest BCUT2D eigenvalue weighted by atomic mass is 10.1. The number of carbonyl (C=O) groups is 2. The topological polar surface area (TPSA) is 76.7 Å². The van der Waals surface area contributed by atoms with E-state index < -0.39 is 29.7 Å². The van der Waals surface area contributed by atoms with Crippen molar-refractivity contribution in [2.45, 2.75) is 26.1 Å². The van der Waals surface area contributed by atoms with Gasteiger partial charge in [-0.1, -0.05) is 6.07 Å². The number of amides is 2. The quantitative estimate of drug-likeness (QED) is 0.735. The predicted octanol–water partition coefficient (Wildman–Crippen LogP) is 3.33. The van der Waals surface area contributed by atoms with E-state index in [0.717, 1.165) is 12.1 Å². The number of hydrogen-bond acceptors (Lipinski definition) is 4. The van der Waals surface area contributed by atoms with Gasteiger partial charge in [-0.05, 0) is 56.3 Å². The lowest BCUT2D eigenvalue weighted by Gasteiger charge is -2.15. The molecule has 0 aromatic heterocycles. The van der Waals surface area contributed by atoms with E-state index in [0.29, 0.717) is 24.2 Å². The largest absolute Gasteiger partial charge is 0.494 e. The van der Waals surface area contributed by atoms with Crippen LogP contribution in [-0.2, 0) is 11.0 Å². The number of hydrazine groups is 1. The number of halogens is 3. The molecule has 0 aliphatic heterocycles. The molecular formula is C19H19F3N2O4. The van der Waals surface area contributed by atoms with Crippen LogP contribution in [0.2, 0.25) is 0 Å². The molecule has 0 spiro atoms. The van der Waals surface area contributed by atoms with Crippen LogP contribution in [0, 0.1) is 0 Å². The lowest BCUT2D eigenvalue weighted by Crippen LogP contribution is -2.47. The smallest absolute Gasteiger partial charge is 0.416 e. The molecule has 28 heavy (non-hydrogen) atoms. The Bertz CT molecular complexity index is 823. The van der Waals surface area contributed by atoms with Gasteiger partial charge in [0.25, 0.3) is 11.8 Å². The molecule has 150 valence electrons. The molecule has 2 N–H and O–H groups in total. The van der Waals surface area contributed by atoms with Crippen LogP contribution >= 0.6 is 0 Å². The van der Waals surface area contributed by atoms with Crippen molar-refractivity contribution in [3.8, 4) is 11.5 Å². The molecule has 2 rings (SSSR count). The molecular weight excluding hydrogens is 377 g/mol. The summed E-state index contributed by atoms with van der Waals surface area (Å²) < 4.78 is 48.8. The molecule has 0 saturated carbocycles. The van der Waals surface area contributed by atoms with E-state index in [-0.39, 0.29) is 5.56 Å². The predicted molar refractivity (Wildman–Crippen MR) is 94.8 cm³/mol. The van der Waals surface area contributed by atoms with Gasteiger partial charge in [-0.3, -0.25) is 20.4 Å². The summed E-state index contributed by atoms with van der Waals surface area (Å²) in [5.41, 5.74) is 2.99. The first-order valence-corrected chi connectivity index (χ1v) is 8.37. The Morgan fingerprint density at radius 3 is 2.29 bits per heavy atom. The number of ether oxygens (including phenoxy) is 2. The normalized spacial score (nSPS) is 12.0. The van der Waals surface area contributed by atoms with Crippen molar-refractivity contribution in [2.24, 2.45) is 0 Å². The Labute approximate surface area is 159 Å². The Kier molecular flexibility index (Phi) is 6.86. The molecule has 6 nitrogen and oxygen atoms in total. The zero-order valence-electron chi connectivity index (χ0n) is 15.2. The minimum absolute atomic E-state index is 0.241. The van der Waals surface area contributed by atoms with Crippen molar-refractivity contribution in [3.05, 3.63) is 59.7 Å². The van der Waals surface area contributed by atoms with E-state index >= 15 is 0 Å². The number of rotatable bonds is 6. The molecule has 0 aliphatic carbocycles. The van der Waals surface area contributed by atoms with Crippen molar-refractivity contribution in [1.82, 2.24) is 10.9 Å². The van der Waals surface area contributed by atoms with Gasteiger partial charge in [0.1, 0.15) is 11.5 Å². The van der Waals surface area contributed by atoms with Gasteiger partial charge in [0, 0.05) is 5.56 Å². The summed E-state index contributed by atoms with van der Waals surface area (Å²) in [5, 5.41) is 0. The van der Waals surface area contributed by atoms with E-state index in [1.807, 2.05) is 6.92 Å². The van der Waals surface area contributed by atoms with Gasteiger partial charge >= 0.3 is 6.18 Å². The van der Waals surface area contributed by atoms with Crippen LogP contribution < -0.4 is 20.3 Å². The van der Waals surface area contributed by atoms with Gasteiger partial charge in [0.05, 0.1) is 12.2 Å². The minimum atomic E-state index is -4.57. The van der Waals surface area contributed by atoms with E-state index in [4.69, 9.17) is 9.47 Å². The standard InChI is InChI=1S/C19H19F3N2O4/c1-3-27-15-7-9-16(10-8-15)28-12(2)17(25)23-24-18(26)13-5-4-6-14(11-13)19(20,21)22/h4-12H,3H2,1-2H3,(H,23,25)(H,24,26). The first kappa shape index (κ1) is 21.1. The first-order chi connectivity index (χ1) is 13.2. The molecule has 0 aliphatic rings. The first-order valence-electron chi connectivity index (χ1n) is 8.37. The molecule has 0 saturated heterocycles. The average molecular weight is 396 g/mol. The second kappa shape index (κ2) is 9.12. The van der Waals surface area contributed by atoms with E-state index in [2.05, 4.69) is 10.9 Å². The van der Waals surface area contributed by atoms with Gasteiger partial charge in [0.15, 0.2) is 6.10 Å². The molecule has 2 aromatic carbocycles. The fraction of sp³-hybridized carbons (Fsp3) is 0.263. The highest BCUT2D eigenvalue weighted by Crippen LogP contribution is 2.29. The summed E-state index contributed by atoms with van der Waals surface area (Å²) in [7, 11) is 0. The van der Waals surface area contributed by atoms with Gasteiger partial charge in [0.2, 0.25) is 0 Å². The van der Waals surface area contributed by atoms with Crippen LogP contribution in [0.4, 0.5) is 13.2 Å². The van der Waals surface area contributed by atoms with Crippen molar-refractivity contribution >= 4 is 11.8 Å². The van der Waals surface area contributed by atoms with Crippen LogP contribution in [0.1, 0.15) is 29.8 Å². The summed E-state index contributed by atoms with van der Waals surface area (Å²) in [6, 6.07) is 10.5. The summed E-state index contributed by atoms with van der Waals surface area (Å²) >= 11 is 0. The molecule has 0 bridgehead atoms. The van der Waals surface area contributed by atoms with Crippen LogP contribution in [-0.4, -0.2) is 24.5 Å². The number of carbonyl (C=O) groups excluding carboxylic acids is 2. The summed E-state index contributed by atoms with van der Waals surface area (Å²) in [6.45, 7) is 3.83. The van der Waals surface area contributed by atoms with E-state index in [9.17, 15) is 22.8 Å². The van der Waals surface area contributed by atoms with Crippen LogP contribution in [0.5, 0.6) is 11.5 Å². The summed E-state index contributed by atoms with van der Waals surface area (Å²) in [5.74, 6) is -0.488. The number of nitrogens with one attached hydrogen (secondary N) is 2. The third kappa shape index (κ3) is 5.90. The van der Waals surface area contributed by atoms with Gasteiger partial charge in [-0.25, -0.2) is 0 Å². The third-order valence-electron chi connectivity index (χ3n) is 3.57. The highest BCUT2D eigenvalue weighted by Gasteiger charge is 2.31. The minimum Gasteiger partial charge on any atom is -0.494 e. The molecule has 1 atom stereocenters. The molecule has 9 heteroatoms. The fourth-order valence-corrected chi connectivity index (χ4v) is 2.17. The number of alkyl halides is 3. The van der Waals surface area contributed by atoms with Crippen molar-refractivity contribution in [1.29, 1.82) is 0 Å². The van der Waals surface area contributed by atoms with Crippen molar-refractivity contribution in [2.75, 3.05) is 6.61 Å². The van der Waals surface area contributed by atoms with E-state index in [1.54, 1.807) is 24.3 Å². The maximum atomic E-state index is 12.7. The second-order valence-corrected chi connectivity index (χ2v) is 5.69. The van der Waals surface area contributed by atoms with Crippen LogP contribution in [0.15, 0.2) is 48.5 Å². The van der Waals surface area contributed by atoms with Crippen LogP contribution in [0.25, 0.3) is 0 Å². The molecule has 2 amide bonds. The zero-order valence-corrected chi connectivity index (χ0v) is 15.2. The number of hydrogen-bond donors (Lipinski definition) is 2. The van der Waals surface area contributed by atoms with Crippen molar-refractivity contribution in [3.63, 3.8) is 0 Å². The Hall–Kier alpha value is -3.23. The Balaban J connectivity index is 1.89. The van der Waals surface area contributed by atoms with Gasteiger partial charge in [-0.15, -0.1) is 0 Å². The van der Waals surface area contributed by atoms with Gasteiger partial charge in [-0.2, -0.15) is 13.2 Å². The molecule has 0 fully saturated rings. The second-order valence-electron chi connectivity index (χ2n) is 5.69. The molecule has 2 aromatic rings. The zero-order chi connectivity index (χ0) is 20.7. The molecule has 0 radical (unpaired) electrons.